The summed E-state index contributed by atoms with van der Waals surface area (Å²) in [6, 6.07) is 11.9. The molecule has 2 aromatic rings. The van der Waals surface area contributed by atoms with Crippen LogP contribution in [0.5, 0.6) is 0 Å². The van der Waals surface area contributed by atoms with E-state index in [9.17, 15) is 14.0 Å². The van der Waals surface area contributed by atoms with Crippen LogP contribution >= 0.6 is 11.8 Å². The first kappa shape index (κ1) is 21.6. The lowest BCUT2D eigenvalue weighted by Crippen LogP contribution is -2.30. The predicted molar refractivity (Wildman–Crippen MR) is 114 cm³/mol. The van der Waals surface area contributed by atoms with Gasteiger partial charge in [-0.1, -0.05) is 36.0 Å². The lowest BCUT2D eigenvalue weighted by molar-refractivity contribution is -0.138. The summed E-state index contributed by atoms with van der Waals surface area (Å²) in [6.45, 7) is 3.75. The van der Waals surface area contributed by atoms with Gasteiger partial charge in [-0.2, -0.15) is 0 Å². The lowest BCUT2D eigenvalue weighted by Gasteiger charge is -2.25. The summed E-state index contributed by atoms with van der Waals surface area (Å²) in [5.41, 5.74) is 2.86. The molecule has 0 saturated heterocycles. The van der Waals surface area contributed by atoms with E-state index < -0.39 is 18.0 Å². The van der Waals surface area contributed by atoms with Crippen LogP contribution in [0, 0.1) is 5.82 Å². The van der Waals surface area contributed by atoms with Crippen molar-refractivity contribution >= 4 is 28.9 Å². The minimum absolute atomic E-state index is 0.228. The standard InChI is InChI=1S/C22H21FN2O4S/c1-3-29-21(28)18-13(2)24-22(25-19(18)15-8-10-17(23)11-9-15)30-12-14-4-6-16(7-5-14)20(26)27/h4-11,19H,3,12H2,1-2H3,(H,24,25)(H,26,27)/t19-/m1/s1. The average Bonchev–Trinajstić information content (AvgIpc) is 2.72. The van der Waals surface area contributed by atoms with E-state index in [4.69, 9.17) is 9.84 Å². The first-order valence-corrected chi connectivity index (χ1v) is 10.3. The SMILES string of the molecule is CCOC(=O)C1=C(C)NC(SCc2ccc(C(=O)O)cc2)=N[C@@H]1c1ccc(F)cc1. The number of carboxylic acid groups (broad SMARTS) is 1. The number of hydrogen-bond donors (Lipinski definition) is 2. The van der Waals surface area contributed by atoms with E-state index in [0.29, 0.717) is 27.8 Å². The second-order valence-corrected chi connectivity index (χ2v) is 7.53. The number of halogens is 1. The van der Waals surface area contributed by atoms with Crippen LogP contribution in [0.25, 0.3) is 0 Å². The van der Waals surface area contributed by atoms with Crippen molar-refractivity contribution in [3.63, 3.8) is 0 Å². The molecule has 8 heteroatoms. The number of thioether (sulfide) groups is 1. The molecule has 1 aliphatic rings. The maximum atomic E-state index is 13.4. The molecule has 2 aromatic carbocycles. The molecule has 1 aliphatic heterocycles. The topological polar surface area (TPSA) is 88.0 Å². The minimum atomic E-state index is -0.970. The number of amidine groups is 1. The summed E-state index contributed by atoms with van der Waals surface area (Å²) in [6.07, 6.45) is 0. The van der Waals surface area contributed by atoms with Gasteiger partial charge in [0, 0.05) is 11.4 Å². The Labute approximate surface area is 177 Å². The number of esters is 1. The monoisotopic (exact) mass is 428 g/mol. The van der Waals surface area contributed by atoms with Gasteiger partial charge in [0.2, 0.25) is 0 Å². The van der Waals surface area contributed by atoms with Crippen molar-refractivity contribution in [3.8, 4) is 0 Å². The van der Waals surface area contributed by atoms with E-state index in [1.54, 1.807) is 50.2 Å². The first-order valence-electron chi connectivity index (χ1n) is 9.32. The number of carbonyl (C=O) groups is 2. The zero-order chi connectivity index (χ0) is 21.7. The average molecular weight is 428 g/mol. The first-order chi connectivity index (χ1) is 14.4. The Bertz CT molecular complexity index is 1000. The highest BCUT2D eigenvalue weighted by Crippen LogP contribution is 2.33. The van der Waals surface area contributed by atoms with Crippen molar-refractivity contribution in [1.29, 1.82) is 0 Å². The van der Waals surface area contributed by atoms with E-state index in [1.807, 2.05) is 0 Å². The zero-order valence-electron chi connectivity index (χ0n) is 16.5. The quantitative estimate of drug-likeness (QED) is 0.667. The second kappa shape index (κ2) is 9.58. The molecule has 0 aromatic heterocycles. The van der Waals surface area contributed by atoms with Gasteiger partial charge in [0.15, 0.2) is 5.17 Å². The number of aliphatic imine (C=N–C) groups is 1. The van der Waals surface area contributed by atoms with E-state index in [1.165, 1.54) is 23.9 Å². The van der Waals surface area contributed by atoms with Crippen LogP contribution in [0.1, 0.15) is 41.4 Å². The summed E-state index contributed by atoms with van der Waals surface area (Å²) in [7, 11) is 0. The van der Waals surface area contributed by atoms with Gasteiger partial charge in [-0.25, -0.2) is 19.0 Å². The predicted octanol–water partition coefficient (Wildman–Crippen LogP) is 4.29. The molecule has 0 aliphatic carbocycles. The molecule has 0 amide bonds. The molecule has 1 heterocycles. The molecule has 156 valence electrons. The summed E-state index contributed by atoms with van der Waals surface area (Å²) >= 11 is 1.43. The van der Waals surface area contributed by atoms with Gasteiger partial charge in [0.05, 0.1) is 17.7 Å². The van der Waals surface area contributed by atoms with Gasteiger partial charge < -0.3 is 15.2 Å². The third-order valence-corrected chi connectivity index (χ3v) is 5.43. The van der Waals surface area contributed by atoms with Gasteiger partial charge >= 0.3 is 11.9 Å². The number of aromatic carboxylic acids is 1. The van der Waals surface area contributed by atoms with E-state index >= 15 is 0 Å². The van der Waals surface area contributed by atoms with E-state index in [0.717, 1.165) is 5.56 Å². The molecular weight excluding hydrogens is 407 g/mol. The summed E-state index contributed by atoms with van der Waals surface area (Å²) < 4.78 is 18.6. The number of carboxylic acids is 1. The number of hydrogen-bond acceptors (Lipinski definition) is 6. The van der Waals surface area contributed by atoms with Crippen LogP contribution in [0.2, 0.25) is 0 Å². The fourth-order valence-corrected chi connectivity index (χ4v) is 3.88. The van der Waals surface area contributed by atoms with E-state index in [2.05, 4.69) is 10.3 Å². The summed E-state index contributed by atoms with van der Waals surface area (Å²) in [5, 5.41) is 12.7. The Balaban J connectivity index is 1.83. The van der Waals surface area contributed by atoms with Crippen LogP contribution < -0.4 is 5.32 Å². The fraction of sp³-hybridized carbons (Fsp3) is 0.227. The summed E-state index contributed by atoms with van der Waals surface area (Å²) in [4.78, 5) is 28.2. The Kier molecular flexibility index (Phi) is 6.89. The van der Waals surface area contributed by atoms with Crippen molar-refractivity contribution in [2.45, 2.75) is 25.6 Å². The highest BCUT2D eigenvalue weighted by atomic mass is 32.2. The maximum Gasteiger partial charge on any atom is 0.338 e. The van der Waals surface area contributed by atoms with Crippen LogP contribution in [0.3, 0.4) is 0 Å². The molecule has 30 heavy (non-hydrogen) atoms. The fourth-order valence-electron chi connectivity index (χ4n) is 2.98. The van der Waals surface area contributed by atoms with Crippen molar-refractivity contribution in [2.75, 3.05) is 6.61 Å². The molecule has 0 bridgehead atoms. The van der Waals surface area contributed by atoms with Crippen molar-refractivity contribution in [3.05, 3.63) is 82.3 Å². The number of ether oxygens (including phenoxy) is 1. The minimum Gasteiger partial charge on any atom is -0.478 e. The normalized spacial score (nSPS) is 16.0. The molecule has 1 atom stereocenters. The van der Waals surface area contributed by atoms with Gasteiger partial charge in [0.1, 0.15) is 11.9 Å². The van der Waals surface area contributed by atoms with E-state index in [-0.39, 0.29) is 18.0 Å². The van der Waals surface area contributed by atoms with Crippen molar-refractivity contribution < 1.29 is 23.8 Å². The van der Waals surface area contributed by atoms with Crippen molar-refractivity contribution in [2.24, 2.45) is 4.99 Å². The molecule has 6 nitrogen and oxygen atoms in total. The largest absolute Gasteiger partial charge is 0.478 e. The van der Waals surface area contributed by atoms with Gasteiger partial charge in [0.25, 0.3) is 0 Å². The van der Waals surface area contributed by atoms with Gasteiger partial charge in [-0.05, 0) is 49.2 Å². The van der Waals surface area contributed by atoms with Crippen molar-refractivity contribution in [1.82, 2.24) is 5.32 Å². The Hall–Kier alpha value is -3.13. The third kappa shape index (κ3) is 5.07. The Morgan fingerprint density at radius 2 is 1.83 bits per heavy atom. The molecule has 2 N–H and O–H groups in total. The van der Waals surface area contributed by atoms with Gasteiger partial charge in [-0.3, -0.25) is 0 Å². The van der Waals surface area contributed by atoms with Crippen LogP contribution in [-0.2, 0) is 15.3 Å². The number of allylic oxidation sites excluding steroid dienone is 1. The second-order valence-electron chi connectivity index (χ2n) is 6.56. The Morgan fingerprint density at radius 3 is 2.43 bits per heavy atom. The third-order valence-electron chi connectivity index (χ3n) is 4.48. The number of benzene rings is 2. The number of nitrogens with zero attached hydrogens (tertiary/aromatic N) is 1. The summed E-state index contributed by atoms with van der Waals surface area (Å²) in [5.74, 6) is -1.24. The number of rotatable bonds is 6. The number of carbonyl (C=O) groups excluding carboxylic acids is 1. The molecule has 0 saturated carbocycles. The molecular formula is C22H21FN2O4S. The number of nitrogens with one attached hydrogen (secondary N) is 1. The molecule has 0 unspecified atom stereocenters. The smallest absolute Gasteiger partial charge is 0.338 e. The molecule has 0 radical (unpaired) electrons. The van der Waals surface area contributed by atoms with Gasteiger partial charge in [-0.15, -0.1) is 0 Å². The Morgan fingerprint density at radius 1 is 1.17 bits per heavy atom. The van der Waals surface area contributed by atoms with Crippen LogP contribution in [0.15, 0.2) is 64.8 Å². The molecule has 0 fully saturated rings. The highest BCUT2D eigenvalue weighted by Gasteiger charge is 2.30. The van der Waals surface area contributed by atoms with Crippen LogP contribution in [-0.4, -0.2) is 28.8 Å². The lowest BCUT2D eigenvalue weighted by atomic mass is 9.96. The highest BCUT2D eigenvalue weighted by molar-refractivity contribution is 8.13. The molecule has 3 rings (SSSR count). The zero-order valence-corrected chi connectivity index (χ0v) is 17.3. The maximum absolute atomic E-state index is 13.4. The molecule has 0 spiro atoms. The van der Waals surface area contributed by atoms with Crippen LogP contribution in [0.4, 0.5) is 4.39 Å².